The highest BCUT2D eigenvalue weighted by Crippen LogP contribution is 2.31. The van der Waals surface area contributed by atoms with Gasteiger partial charge in [0.2, 0.25) is 0 Å². The summed E-state index contributed by atoms with van der Waals surface area (Å²) in [5.41, 5.74) is 0.753. The van der Waals surface area contributed by atoms with Gasteiger partial charge in [-0.2, -0.15) is 16.8 Å². The predicted molar refractivity (Wildman–Crippen MR) is 147 cm³/mol. The first-order valence-corrected chi connectivity index (χ1v) is 16.3. The second kappa shape index (κ2) is 16.1. The molecular weight excluding hydrogens is 512 g/mol. The Morgan fingerprint density at radius 1 is 0.622 bits per heavy atom. The number of ether oxygens (including phenoxy) is 1. The van der Waals surface area contributed by atoms with Crippen LogP contribution in [0.3, 0.4) is 0 Å². The molecule has 2 N–H and O–H groups in total. The minimum absolute atomic E-state index is 0.129. The fourth-order valence-electron chi connectivity index (χ4n) is 4.33. The summed E-state index contributed by atoms with van der Waals surface area (Å²) in [4.78, 5) is -0.636. The Kier molecular flexibility index (Phi) is 13.6. The molecule has 208 valence electrons. The Hall–Kier alpha value is -1.94. The average molecular weight is 555 g/mol. The van der Waals surface area contributed by atoms with E-state index in [9.17, 15) is 25.9 Å². The molecule has 37 heavy (non-hydrogen) atoms. The molecule has 0 bridgehead atoms. The molecule has 0 amide bonds. The van der Waals surface area contributed by atoms with E-state index in [2.05, 4.69) is 6.92 Å². The van der Waals surface area contributed by atoms with Crippen molar-refractivity contribution in [2.45, 2.75) is 113 Å². The molecule has 0 fully saturated rings. The second-order valence-corrected chi connectivity index (χ2v) is 12.5. The molecule has 7 nitrogen and oxygen atoms in total. The first-order chi connectivity index (χ1) is 17.6. The van der Waals surface area contributed by atoms with Crippen molar-refractivity contribution < 1.29 is 30.7 Å². The molecule has 9 heteroatoms. The number of hydrogen-bond donors (Lipinski definition) is 2. The molecular formula is C28H42O7S2. The van der Waals surface area contributed by atoms with Gasteiger partial charge in [-0.1, -0.05) is 103 Å². The SMILES string of the molecule is CCCCCCCCCCCCCCCCc1ccc(S(=O)(=O)O)cc1Oc1cccc(S(=O)(=O)O)c1. The van der Waals surface area contributed by atoms with Gasteiger partial charge in [-0.25, -0.2) is 0 Å². The molecule has 0 aliphatic rings. The Bertz CT molecular complexity index is 1160. The number of unbranched alkanes of at least 4 members (excludes halogenated alkanes) is 13. The van der Waals surface area contributed by atoms with Crippen molar-refractivity contribution in [2.75, 3.05) is 0 Å². The third-order valence-electron chi connectivity index (χ3n) is 6.47. The third-order valence-corrected chi connectivity index (χ3v) is 8.17. The molecule has 0 saturated heterocycles. The molecule has 2 aromatic carbocycles. The maximum atomic E-state index is 11.6. The molecule has 0 radical (unpaired) electrons. The van der Waals surface area contributed by atoms with Crippen molar-refractivity contribution in [3.05, 3.63) is 48.0 Å². The smallest absolute Gasteiger partial charge is 0.294 e. The average Bonchev–Trinajstić information content (AvgIpc) is 2.84. The zero-order valence-corrected chi connectivity index (χ0v) is 23.5. The van der Waals surface area contributed by atoms with Crippen LogP contribution in [0.25, 0.3) is 0 Å². The fraction of sp³-hybridized carbons (Fsp3) is 0.571. The van der Waals surface area contributed by atoms with Crippen molar-refractivity contribution >= 4 is 20.2 Å². The highest BCUT2D eigenvalue weighted by atomic mass is 32.2. The molecule has 2 rings (SSSR count). The van der Waals surface area contributed by atoms with E-state index in [4.69, 9.17) is 4.74 Å². The van der Waals surface area contributed by atoms with Gasteiger partial charge in [-0.05, 0) is 36.6 Å². The number of aryl methyl sites for hydroxylation is 1. The Morgan fingerprint density at radius 3 is 1.62 bits per heavy atom. The number of rotatable bonds is 19. The van der Waals surface area contributed by atoms with Gasteiger partial charge in [0.1, 0.15) is 11.5 Å². The van der Waals surface area contributed by atoms with E-state index in [1.165, 1.54) is 101 Å². The maximum Gasteiger partial charge on any atom is 0.294 e. The van der Waals surface area contributed by atoms with E-state index < -0.39 is 20.2 Å². The summed E-state index contributed by atoms with van der Waals surface area (Å²) in [6.07, 6.45) is 18.2. The van der Waals surface area contributed by atoms with Gasteiger partial charge in [0.05, 0.1) is 9.79 Å². The van der Waals surface area contributed by atoms with Gasteiger partial charge in [-0.3, -0.25) is 9.11 Å². The van der Waals surface area contributed by atoms with Crippen LogP contribution >= 0.6 is 0 Å². The summed E-state index contributed by atoms with van der Waals surface area (Å²) in [5.74, 6) is 0.349. The van der Waals surface area contributed by atoms with Gasteiger partial charge in [0, 0.05) is 12.1 Å². The first-order valence-electron chi connectivity index (χ1n) is 13.5. The van der Waals surface area contributed by atoms with E-state index in [0.29, 0.717) is 6.42 Å². The zero-order valence-electron chi connectivity index (χ0n) is 21.9. The lowest BCUT2D eigenvalue weighted by atomic mass is 10.0. The van der Waals surface area contributed by atoms with E-state index in [1.54, 1.807) is 6.07 Å². The van der Waals surface area contributed by atoms with Crippen LogP contribution in [0.2, 0.25) is 0 Å². The Labute approximate surface area is 223 Å². The van der Waals surface area contributed by atoms with Crippen LogP contribution in [0.15, 0.2) is 52.3 Å². The highest BCUT2D eigenvalue weighted by Gasteiger charge is 2.16. The van der Waals surface area contributed by atoms with Crippen molar-refractivity contribution in [3.63, 3.8) is 0 Å². The molecule has 0 spiro atoms. The van der Waals surface area contributed by atoms with Crippen LogP contribution in [0.1, 0.15) is 102 Å². The van der Waals surface area contributed by atoms with Crippen LogP contribution in [0.4, 0.5) is 0 Å². The summed E-state index contributed by atoms with van der Waals surface area (Å²) in [5, 5.41) is 0. The quantitative estimate of drug-likeness (QED) is 0.133. The normalized spacial score (nSPS) is 12.1. The van der Waals surface area contributed by atoms with Gasteiger partial charge in [-0.15, -0.1) is 0 Å². The van der Waals surface area contributed by atoms with Gasteiger partial charge in [0.25, 0.3) is 20.2 Å². The van der Waals surface area contributed by atoms with Crippen LogP contribution in [-0.2, 0) is 26.7 Å². The van der Waals surface area contributed by atoms with E-state index >= 15 is 0 Å². The summed E-state index contributed by atoms with van der Waals surface area (Å²) >= 11 is 0. The molecule has 0 saturated carbocycles. The molecule has 0 unspecified atom stereocenters. The monoisotopic (exact) mass is 554 g/mol. The summed E-state index contributed by atoms with van der Waals surface area (Å²) in [6, 6.07) is 9.47. The largest absolute Gasteiger partial charge is 0.457 e. The van der Waals surface area contributed by atoms with Crippen molar-refractivity contribution in [1.29, 1.82) is 0 Å². The molecule has 0 aromatic heterocycles. The summed E-state index contributed by atoms with van der Waals surface area (Å²) < 4.78 is 70.6. The molecule has 0 aliphatic carbocycles. The number of hydrogen-bond acceptors (Lipinski definition) is 5. The maximum absolute atomic E-state index is 11.6. The Morgan fingerprint density at radius 2 is 1.11 bits per heavy atom. The second-order valence-electron chi connectivity index (χ2n) is 9.64. The van der Waals surface area contributed by atoms with Crippen LogP contribution in [-0.4, -0.2) is 25.9 Å². The van der Waals surface area contributed by atoms with E-state index in [1.807, 2.05) is 0 Å². The molecule has 0 atom stereocenters. The summed E-state index contributed by atoms with van der Waals surface area (Å²) in [7, 11) is -8.84. The molecule has 0 heterocycles. The van der Waals surface area contributed by atoms with Gasteiger partial charge >= 0.3 is 0 Å². The lowest BCUT2D eigenvalue weighted by Gasteiger charge is -2.13. The fourth-order valence-corrected chi connectivity index (χ4v) is 5.34. The first kappa shape index (κ1) is 31.3. The highest BCUT2D eigenvalue weighted by molar-refractivity contribution is 7.86. The van der Waals surface area contributed by atoms with Crippen molar-refractivity contribution in [1.82, 2.24) is 0 Å². The van der Waals surface area contributed by atoms with Crippen LogP contribution in [0, 0.1) is 0 Å². The standard InChI is InChI=1S/C28H42O7S2/c1-2-3-4-5-6-7-8-9-10-11-12-13-14-15-17-24-20-21-27(37(32,33)34)23-28(24)35-25-18-16-19-26(22-25)36(29,30)31/h16,18-23H,2-15,17H2,1H3,(H,29,30,31)(H,32,33,34). The number of benzene rings is 2. The van der Waals surface area contributed by atoms with E-state index in [0.717, 1.165) is 30.9 Å². The van der Waals surface area contributed by atoms with E-state index in [-0.39, 0.29) is 21.3 Å². The van der Waals surface area contributed by atoms with Crippen LogP contribution in [0.5, 0.6) is 11.5 Å². The lowest BCUT2D eigenvalue weighted by Crippen LogP contribution is -2.01. The predicted octanol–water partition coefficient (Wildman–Crippen LogP) is 8.00. The third kappa shape index (κ3) is 12.4. The van der Waals surface area contributed by atoms with Gasteiger partial charge < -0.3 is 4.74 Å². The topological polar surface area (TPSA) is 118 Å². The molecule has 0 aliphatic heterocycles. The van der Waals surface area contributed by atoms with Crippen LogP contribution < -0.4 is 4.74 Å². The molecule has 2 aromatic rings. The summed E-state index contributed by atoms with van der Waals surface area (Å²) in [6.45, 7) is 2.24. The lowest BCUT2D eigenvalue weighted by molar-refractivity contribution is 0.462. The Balaban J connectivity index is 1.81. The van der Waals surface area contributed by atoms with Crippen molar-refractivity contribution in [3.8, 4) is 11.5 Å². The minimum Gasteiger partial charge on any atom is -0.457 e. The zero-order chi connectivity index (χ0) is 27.2. The van der Waals surface area contributed by atoms with Crippen molar-refractivity contribution in [2.24, 2.45) is 0 Å². The minimum atomic E-state index is -4.43. The van der Waals surface area contributed by atoms with Gasteiger partial charge in [0.15, 0.2) is 0 Å².